The number of aromatic amines is 1. The molecule has 9 heteroatoms. The summed E-state index contributed by atoms with van der Waals surface area (Å²) in [6.45, 7) is -0.243. The van der Waals surface area contributed by atoms with E-state index in [1.165, 1.54) is 4.90 Å². The average molecular weight is 570 g/mol. The van der Waals surface area contributed by atoms with Crippen LogP contribution in [-0.4, -0.2) is 38.7 Å². The topological polar surface area (TPSA) is 108 Å². The van der Waals surface area contributed by atoms with Gasteiger partial charge in [-0.1, -0.05) is 54.6 Å². The molecule has 212 valence electrons. The second-order valence-electron chi connectivity index (χ2n) is 10.4. The van der Waals surface area contributed by atoms with Gasteiger partial charge in [-0.25, -0.2) is 0 Å². The number of carbonyl (C=O) groups is 3. The maximum atomic E-state index is 13.5. The molecule has 43 heavy (non-hydrogen) atoms. The number of H-pyrrole nitrogens is 1. The zero-order valence-electron chi connectivity index (χ0n) is 23.2. The number of aromatic nitrogens is 2. The Bertz CT molecular complexity index is 2030. The lowest BCUT2D eigenvalue weighted by molar-refractivity contribution is -0.122. The van der Waals surface area contributed by atoms with Crippen LogP contribution in [0.2, 0.25) is 0 Å². The summed E-state index contributed by atoms with van der Waals surface area (Å²) in [5.41, 5.74) is 9.43. The molecule has 3 N–H and O–H groups in total. The minimum atomic E-state index is -0.517. The number of aryl methyl sites for hydroxylation is 1. The maximum absolute atomic E-state index is 13.5. The molecule has 0 saturated carbocycles. The molecule has 0 saturated heterocycles. The van der Waals surface area contributed by atoms with Crippen LogP contribution in [0, 0.1) is 0 Å². The van der Waals surface area contributed by atoms with E-state index < -0.39 is 17.9 Å². The molecule has 4 aromatic carbocycles. The van der Waals surface area contributed by atoms with Crippen molar-refractivity contribution in [2.75, 3.05) is 6.54 Å². The molecule has 3 amide bonds. The van der Waals surface area contributed by atoms with Crippen molar-refractivity contribution in [3.05, 3.63) is 132 Å². The van der Waals surface area contributed by atoms with Crippen LogP contribution in [0.1, 0.15) is 38.0 Å². The molecule has 1 aliphatic heterocycles. The van der Waals surface area contributed by atoms with Gasteiger partial charge in [-0.2, -0.15) is 0 Å². The molecule has 1 atom stereocenters. The molecule has 0 spiro atoms. The Morgan fingerprint density at radius 2 is 1.60 bits per heavy atom. The largest absolute Gasteiger partial charge is 0.457 e. The zero-order chi connectivity index (χ0) is 29.5. The lowest BCUT2D eigenvalue weighted by atomic mass is 9.97. The fraction of sp³-hybridized carbons (Fsp3) is 0.0882. The van der Waals surface area contributed by atoms with Gasteiger partial charge in [-0.3, -0.25) is 25.2 Å². The number of hydrogen-bond donors (Lipinski definition) is 3. The number of hydrogen-bond acceptors (Lipinski definition) is 4. The number of rotatable bonds is 6. The first-order valence-corrected chi connectivity index (χ1v) is 13.9. The van der Waals surface area contributed by atoms with Gasteiger partial charge in [0, 0.05) is 46.2 Å². The van der Waals surface area contributed by atoms with Crippen molar-refractivity contribution in [1.29, 1.82) is 0 Å². The van der Waals surface area contributed by atoms with E-state index in [0.29, 0.717) is 22.8 Å². The van der Waals surface area contributed by atoms with Crippen molar-refractivity contribution >= 4 is 39.5 Å². The second-order valence-corrected chi connectivity index (χ2v) is 10.4. The Morgan fingerprint density at radius 1 is 0.837 bits per heavy atom. The van der Waals surface area contributed by atoms with Crippen molar-refractivity contribution in [3.63, 3.8) is 0 Å². The van der Waals surface area contributed by atoms with Crippen LogP contribution in [0.5, 0.6) is 11.5 Å². The van der Waals surface area contributed by atoms with Gasteiger partial charge in [0.2, 0.25) is 0 Å². The third-order valence-electron chi connectivity index (χ3n) is 7.83. The van der Waals surface area contributed by atoms with E-state index in [2.05, 4.69) is 15.8 Å². The van der Waals surface area contributed by atoms with E-state index >= 15 is 0 Å². The number of hydrazine groups is 1. The number of benzene rings is 4. The molecule has 9 nitrogen and oxygen atoms in total. The monoisotopic (exact) mass is 569 g/mol. The van der Waals surface area contributed by atoms with Gasteiger partial charge in [0.25, 0.3) is 17.7 Å². The van der Waals surface area contributed by atoms with E-state index in [0.717, 1.165) is 32.9 Å². The molecule has 3 heterocycles. The highest BCUT2D eigenvalue weighted by molar-refractivity contribution is 6.03. The summed E-state index contributed by atoms with van der Waals surface area (Å²) in [5.74, 6) is 0.114. The third kappa shape index (κ3) is 4.66. The summed E-state index contributed by atoms with van der Waals surface area (Å²) < 4.78 is 7.68. The van der Waals surface area contributed by atoms with E-state index in [9.17, 15) is 14.4 Å². The summed E-state index contributed by atoms with van der Waals surface area (Å²) in [4.78, 5) is 44.5. The molecule has 1 aliphatic rings. The number of nitrogens with one attached hydrogen (secondary N) is 3. The molecule has 0 bridgehead atoms. The summed E-state index contributed by atoms with van der Waals surface area (Å²) in [7, 11) is 1.78. The predicted octanol–water partition coefficient (Wildman–Crippen LogP) is 5.46. The fourth-order valence-corrected chi connectivity index (χ4v) is 5.81. The average Bonchev–Trinajstić information content (AvgIpc) is 3.68. The first-order chi connectivity index (χ1) is 21.0. The second kappa shape index (κ2) is 10.5. The number of para-hydroxylation sites is 2. The minimum Gasteiger partial charge on any atom is -0.457 e. The molecule has 0 radical (unpaired) electrons. The lowest BCUT2D eigenvalue weighted by Gasteiger charge is -2.25. The Labute approximate surface area is 246 Å². The van der Waals surface area contributed by atoms with Crippen LogP contribution in [0.4, 0.5) is 0 Å². The number of fused-ring (bicyclic) bond motifs is 3. The zero-order valence-corrected chi connectivity index (χ0v) is 23.2. The van der Waals surface area contributed by atoms with Crippen molar-refractivity contribution in [3.8, 4) is 11.5 Å². The fourth-order valence-electron chi connectivity index (χ4n) is 5.81. The highest BCUT2D eigenvalue weighted by atomic mass is 16.5. The van der Waals surface area contributed by atoms with Gasteiger partial charge in [0.05, 0.1) is 6.04 Å². The van der Waals surface area contributed by atoms with Crippen LogP contribution in [-0.2, 0) is 11.8 Å². The van der Waals surface area contributed by atoms with Gasteiger partial charge in [-0.05, 0) is 54.1 Å². The van der Waals surface area contributed by atoms with Gasteiger partial charge in [0.15, 0.2) is 0 Å². The summed E-state index contributed by atoms with van der Waals surface area (Å²) in [6, 6.07) is 31.5. The van der Waals surface area contributed by atoms with Crippen molar-refractivity contribution in [1.82, 2.24) is 25.3 Å². The first-order valence-electron chi connectivity index (χ1n) is 13.9. The highest BCUT2D eigenvalue weighted by Crippen LogP contribution is 2.40. The Balaban J connectivity index is 1.07. The predicted molar refractivity (Wildman–Crippen MR) is 163 cm³/mol. The minimum absolute atomic E-state index is 0.241. The van der Waals surface area contributed by atoms with Crippen molar-refractivity contribution < 1.29 is 19.1 Å². The van der Waals surface area contributed by atoms with E-state index in [1.54, 1.807) is 23.7 Å². The third-order valence-corrected chi connectivity index (χ3v) is 7.83. The Kier molecular flexibility index (Phi) is 6.39. The molecular weight excluding hydrogens is 542 g/mol. The summed E-state index contributed by atoms with van der Waals surface area (Å²) in [6.07, 6.45) is 1.88. The molecule has 7 rings (SSSR count). The molecule has 6 aromatic rings. The Hall–Kier alpha value is -5.83. The summed E-state index contributed by atoms with van der Waals surface area (Å²) in [5, 5.41) is 1.79. The molecular formula is C34H27N5O4. The smallest absolute Gasteiger partial charge is 0.286 e. The standard InChI is InChI=1S/C34H27N5O4/c1-38-29-16-15-23(43-22-9-3-2-4-10-22)17-21(29)18-30(38)33(41)37-36-31(40)20-39-32(25-12-5-6-13-26(25)34(39)42)27-19-35-28-14-8-7-11-24(27)28/h2-19,32,35H,20H2,1H3,(H,36,40)(H,37,41). The van der Waals surface area contributed by atoms with Crippen LogP contribution >= 0.6 is 0 Å². The number of amides is 3. The van der Waals surface area contributed by atoms with Gasteiger partial charge >= 0.3 is 0 Å². The molecule has 2 aromatic heterocycles. The van der Waals surface area contributed by atoms with Crippen molar-refractivity contribution in [2.24, 2.45) is 7.05 Å². The number of carbonyl (C=O) groups excluding carboxylic acids is 3. The number of ether oxygens (including phenoxy) is 1. The van der Waals surface area contributed by atoms with E-state index in [-0.39, 0.29) is 12.5 Å². The number of nitrogens with zero attached hydrogens (tertiary/aromatic N) is 2. The maximum Gasteiger partial charge on any atom is 0.286 e. The molecule has 0 aliphatic carbocycles. The highest BCUT2D eigenvalue weighted by Gasteiger charge is 2.39. The van der Waals surface area contributed by atoms with Gasteiger partial charge in [0.1, 0.15) is 23.7 Å². The first kappa shape index (κ1) is 26.1. The quantitative estimate of drug-likeness (QED) is 0.232. The SMILES string of the molecule is Cn1c(C(=O)NNC(=O)CN2C(=O)c3ccccc3C2c2c[nH]c3ccccc23)cc2cc(Oc3ccccc3)ccc21. The lowest BCUT2D eigenvalue weighted by Crippen LogP contribution is -2.47. The van der Waals surface area contributed by atoms with Crippen LogP contribution < -0.4 is 15.6 Å². The normalized spacial score (nSPS) is 14.2. The van der Waals surface area contributed by atoms with Crippen LogP contribution in [0.15, 0.2) is 109 Å². The molecule has 1 unspecified atom stereocenters. The summed E-state index contributed by atoms with van der Waals surface area (Å²) >= 11 is 0. The van der Waals surface area contributed by atoms with Crippen LogP contribution in [0.25, 0.3) is 21.8 Å². The van der Waals surface area contributed by atoms with Gasteiger partial charge < -0.3 is 19.2 Å². The van der Waals surface area contributed by atoms with E-state index in [4.69, 9.17) is 4.74 Å². The van der Waals surface area contributed by atoms with Crippen molar-refractivity contribution in [2.45, 2.75) is 6.04 Å². The van der Waals surface area contributed by atoms with Crippen LogP contribution in [0.3, 0.4) is 0 Å². The Morgan fingerprint density at radius 3 is 2.47 bits per heavy atom. The van der Waals surface area contributed by atoms with Gasteiger partial charge in [-0.15, -0.1) is 0 Å². The van der Waals surface area contributed by atoms with E-state index in [1.807, 2.05) is 97.2 Å². The molecule has 0 fully saturated rings.